The molecule has 1 amide bonds. The highest BCUT2D eigenvalue weighted by Crippen LogP contribution is 2.36. The summed E-state index contributed by atoms with van der Waals surface area (Å²) in [6.45, 7) is 0.300. The lowest BCUT2D eigenvalue weighted by Crippen LogP contribution is -2.22. The van der Waals surface area contributed by atoms with Crippen molar-refractivity contribution in [3.63, 3.8) is 0 Å². The Morgan fingerprint density at radius 1 is 1.10 bits per heavy atom. The molecule has 0 aliphatic heterocycles. The van der Waals surface area contributed by atoms with Gasteiger partial charge in [0.15, 0.2) is 0 Å². The number of carboxylic acids is 1. The number of thioether (sulfide) groups is 1. The third-order valence-electron chi connectivity index (χ3n) is 5.18. The Balaban J connectivity index is 1.62. The summed E-state index contributed by atoms with van der Waals surface area (Å²) in [6, 6.07) is 11.3. The fourth-order valence-corrected chi connectivity index (χ4v) is 4.70. The van der Waals surface area contributed by atoms with Gasteiger partial charge < -0.3 is 10.4 Å². The van der Waals surface area contributed by atoms with Crippen molar-refractivity contribution in [1.82, 2.24) is 10.3 Å². The van der Waals surface area contributed by atoms with Gasteiger partial charge in [0.1, 0.15) is 5.82 Å². The monoisotopic (exact) mass is 424 g/mol. The predicted octanol–water partition coefficient (Wildman–Crippen LogP) is 4.36. The van der Waals surface area contributed by atoms with E-state index in [4.69, 9.17) is 10.1 Å². The van der Waals surface area contributed by atoms with Crippen LogP contribution in [0.15, 0.2) is 47.4 Å². The molecule has 7 heteroatoms. The van der Waals surface area contributed by atoms with E-state index < -0.39 is 5.97 Å². The van der Waals surface area contributed by atoms with E-state index in [1.54, 1.807) is 24.3 Å². The number of fused-ring (bicyclic) bond motifs is 2. The minimum absolute atomic E-state index is 0.00847. The van der Waals surface area contributed by atoms with Crippen molar-refractivity contribution in [2.75, 3.05) is 5.75 Å². The van der Waals surface area contributed by atoms with Gasteiger partial charge in [-0.2, -0.15) is 0 Å². The zero-order valence-electron chi connectivity index (χ0n) is 16.3. The lowest BCUT2D eigenvalue weighted by molar-refractivity contribution is -0.133. The summed E-state index contributed by atoms with van der Waals surface area (Å²) in [6.07, 6.45) is 3.91. The second-order valence-corrected chi connectivity index (χ2v) is 8.28. The number of carbonyl (C=O) groups excluding carboxylic acids is 1. The standard InChI is InChI=1S/C23H21FN2O3S/c24-16-8-5-14(6-9-16)12-25-23(29)15-7-10-18-20(11-15)26-19-4-2-1-3-17(19)22(18)30-13-21(27)28/h5-11H,1-4,12-13H2,(H,25,29)(H,27,28). The maximum Gasteiger partial charge on any atom is 0.313 e. The Hall–Kier alpha value is -2.93. The van der Waals surface area contributed by atoms with Crippen LogP contribution in [0.2, 0.25) is 0 Å². The number of pyridine rings is 1. The lowest BCUT2D eigenvalue weighted by Gasteiger charge is -2.20. The van der Waals surface area contributed by atoms with Gasteiger partial charge in [0, 0.05) is 28.1 Å². The molecule has 0 saturated heterocycles. The van der Waals surface area contributed by atoms with E-state index in [2.05, 4.69) is 5.32 Å². The number of benzene rings is 2. The van der Waals surface area contributed by atoms with Crippen molar-refractivity contribution in [3.05, 3.63) is 70.7 Å². The first-order chi connectivity index (χ1) is 14.5. The maximum absolute atomic E-state index is 13.0. The van der Waals surface area contributed by atoms with Crippen LogP contribution in [-0.4, -0.2) is 27.7 Å². The molecule has 5 nitrogen and oxygen atoms in total. The Bertz CT molecular complexity index is 1120. The van der Waals surface area contributed by atoms with Gasteiger partial charge in [0.25, 0.3) is 5.91 Å². The maximum atomic E-state index is 13.0. The first kappa shape index (κ1) is 20.3. The molecule has 0 saturated carbocycles. The van der Waals surface area contributed by atoms with Crippen LogP contribution in [0.1, 0.15) is 40.0 Å². The summed E-state index contributed by atoms with van der Waals surface area (Å²) >= 11 is 1.32. The van der Waals surface area contributed by atoms with E-state index in [1.807, 2.05) is 6.07 Å². The molecular weight excluding hydrogens is 403 g/mol. The molecule has 1 aromatic heterocycles. The smallest absolute Gasteiger partial charge is 0.313 e. The molecule has 1 heterocycles. The Labute approximate surface area is 177 Å². The number of aryl methyl sites for hydroxylation is 1. The number of halogens is 1. The van der Waals surface area contributed by atoms with Gasteiger partial charge in [-0.15, -0.1) is 11.8 Å². The molecular formula is C23H21FN2O3S. The fraction of sp³-hybridized carbons (Fsp3) is 0.261. The number of nitrogens with one attached hydrogen (secondary N) is 1. The summed E-state index contributed by atoms with van der Waals surface area (Å²) in [5.74, 6) is -1.41. The average Bonchev–Trinajstić information content (AvgIpc) is 2.75. The van der Waals surface area contributed by atoms with Crippen LogP contribution in [0.4, 0.5) is 4.39 Å². The molecule has 4 rings (SSSR count). The largest absolute Gasteiger partial charge is 0.481 e. The first-order valence-corrected chi connectivity index (χ1v) is 10.8. The van der Waals surface area contributed by atoms with Gasteiger partial charge >= 0.3 is 5.97 Å². The third kappa shape index (κ3) is 4.46. The van der Waals surface area contributed by atoms with Gasteiger partial charge in [0.2, 0.25) is 0 Å². The van der Waals surface area contributed by atoms with Gasteiger partial charge in [-0.1, -0.05) is 18.2 Å². The molecule has 0 unspecified atom stereocenters. The molecule has 0 radical (unpaired) electrons. The summed E-state index contributed by atoms with van der Waals surface area (Å²) in [5.41, 5.74) is 4.16. The number of hydrogen-bond donors (Lipinski definition) is 2. The third-order valence-corrected chi connectivity index (χ3v) is 6.33. The molecule has 0 spiro atoms. The number of aromatic nitrogens is 1. The van der Waals surface area contributed by atoms with E-state index in [1.165, 1.54) is 23.9 Å². The van der Waals surface area contributed by atoms with Gasteiger partial charge in [0.05, 0.1) is 11.3 Å². The minimum atomic E-state index is -0.855. The van der Waals surface area contributed by atoms with E-state index in [0.29, 0.717) is 17.6 Å². The average molecular weight is 424 g/mol. The van der Waals surface area contributed by atoms with Gasteiger partial charge in [-0.3, -0.25) is 14.6 Å². The normalized spacial score (nSPS) is 13.1. The molecule has 0 fully saturated rings. The quantitative estimate of drug-likeness (QED) is 0.575. The lowest BCUT2D eigenvalue weighted by atomic mass is 9.94. The minimum Gasteiger partial charge on any atom is -0.481 e. The van der Waals surface area contributed by atoms with Crippen LogP contribution in [0.5, 0.6) is 0 Å². The number of nitrogens with zero attached hydrogens (tertiary/aromatic N) is 1. The van der Waals surface area contributed by atoms with Crippen molar-refractivity contribution in [2.24, 2.45) is 0 Å². The number of carboxylic acid groups (broad SMARTS) is 1. The van der Waals surface area contributed by atoms with Crippen LogP contribution in [0, 0.1) is 5.82 Å². The molecule has 30 heavy (non-hydrogen) atoms. The van der Waals surface area contributed by atoms with Crippen molar-refractivity contribution in [2.45, 2.75) is 37.1 Å². The van der Waals surface area contributed by atoms with Crippen LogP contribution in [-0.2, 0) is 24.2 Å². The molecule has 2 aromatic carbocycles. The Kier molecular flexibility index (Phi) is 5.99. The molecule has 3 aromatic rings. The van der Waals surface area contributed by atoms with Gasteiger partial charge in [-0.05, 0) is 61.1 Å². The zero-order valence-corrected chi connectivity index (χ0v) is 17.1. The van der Waals surface area contributed by atoms with Crippen LogP contribution in [0.3, 0.4) is 0 Å². The molecule has 154 valence electrons. The molecule has 1 aliphatic rings. The summed E-state index contributed by atoms with van der Waals surface area (Å²) in [4.78, 5) is 29.5. The van der Waals surface area contributed by atoms with E-state index in [-0.39, 0.29) is 17.5 Å². The van der Waals surface area contributed by atoms with Crippen molar-refractivity contribution in [3.8, 4) is 0 Å². The van der Waals surface area contributed by atoms with Crippen molar-refractivity contribution in [1.29, 1.82) is 0 Å². The summed E-state index contributed by atoms with van der Waals surface area (Å²) in [7, 11) is 0. The van der Waals surface area contributed by atoms with Crippen LogP contribution >= 0.6 is 11.8 Å². The van der Waals surface area contributed by atoms with Gasteiger partial charge in [-0.25, -0.2) is 4.39 Å². The van der Waals surface area contributed by atoms with Crippen molar-refractivity contribution >= 4 is 34.5 Å². The SMILES string of the molecule is O=C(O)CSc1c2c(nc3cc(C(=O)NCc4ccc(F)cc4)ccc13)CCCC2. The van der Waals surface area contributed by atoms with Crippen molar-refractivity contribution < 1.29 is 19.1 Å². The number of amides is 1. The van der Waals surface area contributed by atoms with Crippen LogP contribution < -0.4 is 5.32 Å². The first-order valence-electron chi connectivity index (χ1n) is 9.84. The summed E-state index contributed by atoms with van der Waals surface area (Å²) in [5, 5.41) is 12.9. The number of rotatable bonds is 6. The molecule has 0 atom stereocenters. The summed E-state index contributed by atoms with van der Waals surface area (Å²) < 4.78 is 13.0. The highest BCUT2D eigenvalue weighted by Gasteiger charge is 2.20. The second kappa shape index (κ2) is 8.83. The molecule has 1 aliphatic carbocycles. The molecule has 0 bridgehead atoms. The second-order valence-electron chi connectivity index (χ2n) is 7.30. The number of hydrogen-bond acceptors (Lipinski definition) is 4. The van der Waals surface area contributed by atoms with Crippen LogP contribution in [0.25, 0.3) is 10.9 Å². The topological polar surface area (TPSA) is 79.3 Å². The van der Waals surface area contributed by atoms with E-state index in [9.17, 15) is 14.0 Å². The molecule has 2 N–H and O–H groups in total. The van der Waals surface area contributed by atoms with E-state index >= 15 is 0 Å². The fourth-order valence-electron chi connectivity index (χ4n) is 3.71. The highest BCUT2D eigenvalue weighted by atomic mass is 32.2. The number of aliphatic carboxylic acids is 1. The zero-order chi connectivity index (χ0) is 21.1. The number of carbonyl (C=O) groups is 2. The van der Waals surface area contributed by atoms with E-state index in [0.717, 1.165) is 52.8 Å². The highest BCUT2D eigenvalue weighted by molar-refractivity contribution is 8.00. The Morgan fingerprint density at radius 2 is 1.87 bits per heavy atom. The Morgan fingerprint density at radius 3 is 2.63 bits per heavy atom. The predicted molar refractivity (Wildman–Crippen MR) is 114 cm³/mol.